The molecule has 0 aliphatic carbocycles. The van der Waals surface area contributed by atoms with Crippen LogP contribution in [0.15, 0.2) is 24.0 Å². The smallest absolute Gasteiger partial charge is 0.0928 e. The second-order valence-electron chi connectivity index (χ2n) is 2.15. The molecule has 0 heterocycles. The fraction of sp³-hybridized carbons (Fsp3) is 0.556. The Labute approximate surface area is 63.4 Å². The van der Waals surface area contributed by atoms with E-state index in [4.69, 9.17) is 4.74 Å². The molecule has 0 spiro atoms. The molecule has 0 saturated heterocycles. The van der Waals surface area contributed by atoms with Crippen LogP contribution in [0, 0.1) is 0 Å². The molecule has 0 aromatic heterocycles. The quantitative estimate of drug-likeness (QED) is 0.431. The van der Waals surface area contributed by atoms with Gasteiger partial charge in [0.2, 0.25) is 0 Å². The average Bonchev–Trinajstić information content (AvgIpc) is 1.97. The molecule has 0 bridgehead atoms. The Morgan fingerprint density at radius 1 is 1.50 bits per heavy atom. The van der Waals surface area contributed by atoms with E-state index in [9.17, 15) is 0 Å². The summed E-state index contributed by atoms with van der Waals surface area (Å²) < 4.78 is 5.30. The third kappa shape index (κ3) is 5.42. The van der Waals surface area contributed by atoms with Crippen LogP contribution in [-0.4, -0.2) is 6.61 Å². The summed E-state index contributed by atoms with van der Waals surface area (Å²) in [6.07, 6.45) is 7.00. The van der Waals surface area contributed by atoms with Gasteiger partial charge in [-0.2, -0.15) is 0 Å². The molecule has 0 N–H and O–H groups in total. The first kappa shape index (κ1) is 9.28. The van der Waals surface area contributed by atoms with Gasteiger partial charge in [-0.25, -0.2) is 0 Å². The molecule has 0 aliphatic rings. The van der Waals surface area contributed by atoms with E-state index >= 15 is 0 Å². The van der Waals surface area contributed by atoms with Crippen molar-refractivity contribution in [2.75, 3.05) is 6.61 Å². The summed E-state index contributed by atoms with van der Waals surface area (Å²) >= 11 is 0. The number of hydrogen-bond acceptors (Lipinski definition) is 1. The van der Waals surface area contributed by atoms with Crippen molar-refractivity contribution < 1.29 is 4.74 Å². The minimum Gasteiger partial charge on any atom is -0.498 e. The fourth-order valence-electron chi connectivity index (χ4n) is 0.543. The van der Waals surface area contributed by atoms with E-state index in [0.717, 1.165) is 18.8 Å². The Bertz CT molecular complexity index is 123. The van der Waals surface area contributed by atoms with Crippen LogP contribution in [0.3, 0.4) is 0 Å². The van der Waals surface area contributed by atoms with Gasteiger partial charge in [-0.1, -0.05) is 19.1 Å². The molecule has 0 aromatic carbocycles. The van der Waals surface area contributed by atoms with Crippen LogP contribution in [0.1, 0.15) is 27.2 Å². The molecule has 0 aliphatic heterocycles. The van der Waals surface area contributed by atoms with Crippen molar-refractivity contribution in [3.63, 3.8) is 0 Å². The third-order valence-corrected chi connectivity index (χ3v) is 1.06. The molecule has 0 radical (unpaired) electrons. The molecule has 0 rings (SSSR count). The Morgan fingerprint density at radius 3 is 2.70 bits per heavy atom. The van der Waals surface area contributed by atoms with Crippen LogP contribution in [0.2, 0.25) is 0 Å². The van der Waals surface area contributed by atoms with Gasteiger partial charge in [0.1, 0.15) is 0 Å². The van der Waals surface area contributed by atoms with Crippen LogP contribution in [0.4, 0.5) is 0 Å². The number of allylic oxidation sites excluding steroid dienone is 4. The maximum Gasteiger partial charge on any atom is 0.0928 e. The average molecular weight is 140 g/mol. The second-order valence-corrected chi connectivity index (χ2v) is 2.15. The standard InChI is InChI=1S/C9H16O/c1-4-6-7-9(3)10-8-5-2/h4,6-7H,5,8H2,1-3H3/b6-4-,9-7+. The number of rotatable bonds is 4. The number of hydrogen-bond donors (Lipinski definition) is 0. The molecule has 0 unspecified atom stereocenters. The van der Waals surface area contributed by atoms with Crippen LogP contribution >= 0.6 is 0 Å². The molecular formula is C9H16O. The molecule has 0 fully saturated rings. The van der Waals surface area contributed by atoms with Crippen LogP contribution in [0.25, 0.3) is 0 Å². The summed E-state index contributed by atoms with van der Waals surface area (Å²) in [6.45, 7) is 6.88. The molecule has 1 nitrogen and oxygen atoms in total. The minimum absolute atomic E-state index is 0.819. The summed E-state index contributed by atoms with van der Waals surface area (Å²) in [7, 11) is 0. The summed E-state index contributed by atoms with van der Waals surface area (Å²) in [4.78, 5) is 0. The summed E-state index contributed by atoms with van der Waals surface area (Å²) in [5.41, 5.74) is 0. The van der Waals surface area contributed by atoms with Crippen molar-refractivity contribution in [2.24, 2.45) is 0 Å². The minimum atomic E-state index is 0.819. The lowest BCUT2D eigenvalue weighted by Crippen LogP contribution is -1.88. The van der Waals surface area contributed by atoms with E-state index < -0.39 is 0 Å². The summed E-state index contributed by atoms with van der Waals surface area (Å²) in [5.74, 6) is 0.986. The van der Waals surface area contributed by atoms with E-state index in [1.54, 1.807) is 0 Å². The Kier molecular flexibility index (Phi) is 5.94. The van der Waals surface area contributed by atoms with Crippen molar-refractivity contribution in [1.29, 1.82) is 0 Å². The van der Waals surface area contributed by atoms with Gasteiger partial charge in [0.25, 0.3) is 0 Å². The van der Waals surface area contributed by atoms with Gasteiger partial charge in [0, 0.05) is 0 Å². The largest absolute Gasteiger partial charge is 0.498 e. The van der Waals surface area contributed by atoms with Crippen molar-refractivity contribution in [2.45, 2.75) is 27.2 Å². The van der Waals surface area contributed by atoms with Crippen molar-refractivity contribution in [3.05, 3.63) is 24.0 Å². The van der Waals surface area contributed by atoms with Crippen molar-refractivity contribution >= 4 is 0 Å². The van der Waals surface area contributed by atoms with Crippen LogP contribution in [0.5, 0.6) is 0 Å². The van der Waals surface area contributed by atoms with E-state index in [-0.39, 0.29) is 0 Å². The number of ether oxygens (including phenoxy) is 1. The van der Waals surface area contributed by atoms with Crippen LogP contribution in [-0.2, 0) is 4.74 Å². The van der Waals surface area contributed by atoms with Crippen molar-refractivity contribution in [3.8, 4) is 0 Å². The zero-order valence-corrected chi connectivity index (χ0v) is 7.05. The molecule has 0 amide bonds. The van der Waals surface area contributed by atoms with E-state index in [1.807, 2.05) is 32.1 Å². The van der Waals surface area contributed by atoms with Crippen molar-refractivity contribution in [1.82, 2.24) is 0 Å². The first-order valence-corrected chi connectivity index (χ1v) is 3.73. The predicted octanol–water partition coefficient (Wildman–Crippen LogP) is 2.89. The van der Waals surface area contributed by atoms with Crippen LogP contribution < -0.4 is 0 Å². The van der Waals surface area contributed by atoms with Gasteiger partial charge < -0.3 is 4.74 Å². The van der Waals surface area contributed by atoms with Gasteiger partial charge in [-0.05, 0) is 26.3 Å². The van der Waals surface area contributed by atoms with E-state index in [1.165, 1.54) is 0 Å². The predicted molar refractivity (Wildman–Crippen MR) is 44.8 cm³/mol. The lowest BCUT2D eigenvalue weighted by atomic mass is 10.4. The maximum absolute atomic E-state index is 5.30. The molecule has 10 heavy (non-hydrogen) atoms. The Hall–Kier alpha value is -0.720. The highest BCUT2D eigenvalue weighted by Crippen LogP contribution is 1.96. The highest BCUT2D eigenvalue weighted by atomic mass is 16.5. The molecule has 0 saturated carbocycles. The van der Waals surface area contributed by atoms with E-state index in [0.29, 0.717) is 0 Å². The lowest BCUT2D eigenvalue weighted by molar-refractivity contribution is 0.214. The van der Waals surface area contributed by atoms with Gasteiger partial charge in [0.15, 0.2) is 0 Å². The maximum atomic E-state index is 5.30. The summed E-state index contributed by atoms with van der Waals surface area (Å²) in [6, 6.07) is 0. The zero-order chi connectivity index (χ0) is 7.82. The highest BCUT2D eigenvalue weighted by Gasteiger charge is 1.83. The Balaban J connectivity index is 3.49. The first-order chi connectivity index (χ1) is 4.81. The SMILES string of the molecule is C/C=C\C=C(/C)OCCC. The third-order valence-electron chi connectivity index (χ3n) is 1.06. The zero-order valence-electron chi connectivity index (χ0n) is 7.05. The van der Waals surface area contributed by atoms with Gasteiger partial charge >= 0.3 is 0 Å². The van der Waals surface area contributed by atoms with Gasteiger partial charge in [0.05, 0.1) is 12.4 Å². The lowest BCUT2D eigenvalue weighted by Gasteiger charge is -2.01. The molecular weight excluding hydrogens is 124 g/mol. The highest BCUT2D eigenvalue weighted by molar-refractivity contribution is 5.04. The van der Waals surface area contributed by atoms with Gasteiger partial charge in [-0.15, -0.1) is 0 Å². The fourth-order valence-corrected chi connectivity index (χ4v) is 0.543. The molecule has 1 heteroatoms. The first-order valence-electron chi connectivity index (χ1n) is 3.73. The monoisotopic (exact) mass is 140 g/mol. The molecule has 0 aromatic rings. The van der Waals surface area contributed by atoms with E-state index in [2.05, 4.69) is 6.92 Å². The topological polar surface area (TPSA) is 9.23 Å². The second kappa shape index (κ2) is 6.40. The van der Waals surface area contributed by atoms with Gasteiger partial charge in [-0.3, -0.25) is 0 Å². The summed E-state index contributed by atoms with van der Waals surface area (Å²) in [5, 5.41) is 0. The molecule has 58 valence electrons. The molecule has 0 atom stereocenters. The normalized spacial score (nSPS) is 12.5. The Morgan fingerprint density at radius 2 is 2.20 bits per heavy atom.